The third-order valence-corrected chi connectivity index (χ3v) is 4.54. The molecule has 0 bridgehead atoms. The predicted molar refractivity (Wildman–Crippen MR) is 81.0 cm³/mol. The van der Waals surface area contributed by atoms with E-state index in [1.807, 2.05) is 31.2 Å². The summed E-state index contributed by atoms with van der Waals surface area (Å²) in [6.07, 6.45) is 1.83. The van der Waals surface area contributed by atoms with Crippen LogP contribution in [0.3, 0.4) is 0 Å². The van der Waals surface area contributed by atoms with Crippen molar-refractivity contribution in [1.82, 2.24) is 9.80 Å². The highest BCUT2D eigenvalue weighted by atomic mass is 16.2. The molecule has 1 aromatic carbocycles. The molecule has 3 rings (SSSR count). The summed E-state index contributed by atoms with van der Waals surface area (Å²) in [7, 11) is 0. The van der Waals surface area contributed by atoms with E-state index in [-0.39, 0.29) is 23.8 Å². The number of aryl methyl sites for hydroxylation is 2. The third kappa shape index (κ3) is 2.75. The minimum atomic E-state index is -0.107. The lowest BCUT2D eigenvalue weighted by Gasteiger charge is -2.43. The van der Waals surface area contributed by atoms with Crippen LogP contribution in [0.15, 0.2) is 24.3 Å². The molecular weight excluding hydrogens is 280 g/mol. The van der Waals surface area contributed by atoms with Gasteiger partial charge in [0.25, 0.3) is 0 Å². The van der Waals surface area contributed by atoms with Gasteiger partial charge in [0.15, 0.2) is 0 Å². The number of hydrogen-bond donors (Lipinski definition) is 0. The van der Waals surface area contributed by atoms with Gasteiger partial charge in [0.2, 0.25) is 17.7 Å². The second-order valence-electron chi connectivity index (χ2n) is 6.04. The summed E-state index contributed by atoms with van der Waals surface area (Å²) in [6.45, 7) is 3.03. The fraction of sp³-hybridized carbons (Fsp3) is 0.471. The van der Waals surface area contributed by atoms with Gasteiger partial charge < -0.3 is 4.90 Å². The van der Waals surface area contributed by atoms with Gasteiger partial charge in [-0.05, 0) is 24.5 Å². The highest BCUT2D eigenvalue weighted by Gasteiger charge is 2.42. The second kappa shape index (κ2) is 5.91. The Balaban J connectivity index is 1.49. The summed E-state index contributed by atoms with van der Waals surface area (Å²) in [5.41, 5.74) is 2.39. The van der Waals surface area contributed by atoms with Gasteiger partial charge in [0.05, 0.1) is 6.04 Å². The predicted octanol–water partition coefficient (Wildman–Crippen LogP) is 1.29. The van der Waals surface area contributed by atoms with Crippen LogP contribution in [0.2, 0.25) is 0 Å². The molecule has 2 aliphatic heterocycles. The highest BCUT2D eigenvalue weighted by Crippen LogP contribution is 2.23. The first kappa shape index (κ1) is 14.8. The maximum absolute atomic E-state index is 12.2. The van der Waals surface area contributed by atoms with Gasteiger partial charge >= 0.3 is 0 Å². The normalized spacial score (nSPS) is 18.8. The Morgan fingerprint density at radius 3 is 2.41 bits per heavy atom. The molecule has 3 amide bonds. The number of carbonyl (C=O) groups excluding carboxylic acids is 3. The fourth-order valence-electron chi connectivity index (χ4n) is 3.11. The number of amides is 3. The number of rotatable bonds is 4. The van der Waals surface area contributed by atoms with E-state index in [2.05, 4.69) is 0 Å². The largest absolute Gasteiger partial charge is 0.338 e. The summed E-state index contributed by atoms with van der Waals surface area (Å²) >= 11 is 0. The topological polar surface area (TPSA) is 57.7 Å². The van der Waals surface area contributed by atoms with Crippen molar-refractivity contribution < 1.29 is 14.4 Å². The number of imide groups is 1. The number of hydrogen-bond acceptors (Lipinski definition) is 3. The van der Waals surface area contributed by atoms with Crippen molar-refractivity contribution in [2.45, 2.75) is 38.6 Å². The quantitative estimate of drug-likeness (QED) is 0.787. The summed E-state index contributed by atoms with van der Waals surface area (Å²) in [4.78, 5) is 38.6. The monoisotopic (exact) mass is 300 g/mol. The number of benzene rings is 1. The first-order valence-electron chi connectivity index (χ1n) is 7.73. The minimum Gasteiger partial charge on any atom is -0.338 e. The zero-order valence-corrected chi connectivity index (χ0v) is 12.7. The summed E-state index contributed by atoms with van der Waals surface area (Å²) in [5, 5.41) is 0. The second-order valence-corrected chi connectivity index (χ2v) is 6.04. The molecule has 22 heavy (non-hydrogen) atoms. The Labute approximate surface area is 129 Å². The summed E-state index contributed by atoms with van der Waals surface area (Å²) in [5.74, 6) is -0.0948. The highest BCUT2D eigenvalue weighted by molar-refractivity contribution is 6.02. The molecule has 0 radical (unpaired) electrons. The molecule has 5 nitrogen and oxygen atoms in total. The van der Waals surface area contributed by atoms with Crippen molar-refractivity contribution in [3.05, 3.63) is 35.4 Å². The molecule has 0 atom stereocenters. The SMILES string of the molecule is Cc1ccccc1CCC(=O)N1CC(N2C(=O)CCC2=O)C1. The Kier molecular flexibility index (Phi) is 3.96. The molecule has 0 saturated carbocycles. The smallest absolute Gasteiger partial charge is 0.230 e. The standard InChI is InChI=1S/C17H20N2O3/c1-12-4-2-3-5-13(12)6-7-15(20)18-10-14(11-18)19-16(21)8-9-17(19)22/h2-5,14H,6-11H2,1H3. The van der Waals surface area contributed by atoms with Gasteiger partial charge in [-0.2, -0.15) is 0 Å². The van der Waals surface area contributed by atoms with Crippen LogP contribution in [0.25, 0.3) is 0 Å². The van der Waals surface area contributed by atoms with Gasteiger partial charge in [-0.1, -0.05) is 24.3 Å². The van der Waals surface area contributed by atoms with E-state index < -0.39 is 0 Å². The molecule has 2 fully saturated rings. The molecule has 5 heteroatoms. The van der Waals surface area contributed by atoms with Crippen molar-refractivity contribution in [3.63, 3.8) is 0 Å². The molecule has 0 spiro atoms. The van der Waals surface area contributed by atoms with E-state index in [9.17, 15) is 14.4 Å². The summed E-state index contributed by atoms with van der Waals surface area (Å²) < 4.78 is 0. The first-order chi connectivity index (χ1) is 10.6. The molecule has 2 heterocycles. The average molecular weight is 300 g/mol. The molecule has 0 aliphatic carbocycles. The molecule has 1 aromatic rings. The van der Waals surface area contributed by atoms with Crippen LogP contribution in [0.4, 0.5) is 0 Å². The van der Waals surface area contributed by atoms with Crippen LogP contribution >= 0.6 is 0 Å². The maximum atomic E-state index is 12.2. The molecule has 0 unspecified atom stereocenters. The Hall–Kier alpha value is -2.17. The molecule has 0 aromatic heterocycles. The molecule has 116 valence electrons. The van der Waals surface area contributed by atoms with Gasteiger partial charge in [-0.25, -0.2) is 0 Å². The number of nitrogens with zero attached hydrogens (tertiary/aromatic N) is 2. The zero-order valence-electron chi connectivity index (χ0n) is 12.7. The van der Waals surface area contributed by atoms with E-state index in [1.54, 1.807) is 4.90 Å². The van der Waals surface area contributed by atoms with Gasteiger partial charge in [0.1, 0.15) is 0 Å². The molecule has 0 N–H and O–H groups in total. The lowest BCUT2D eigenvalue weighted by molar-refractivity contribution is -0.151. The average Bonchev–Trinajstić information content (AvgIpc) is 2.77. The summed E-state index contributed by atoms with van der Waals surface area (Å²) in [6, 6.07) is 7.96. The van der Waals surface area contributed by atoms with Crippen molar-refractivity contribution in [1.29, 1.82) is 0 Å². The van der Waals surface area contributed by atoms with Gasteiger partial charge in [0, 0.05) is 32.4 Å². The van der Waals surface area contributed by atoms with E-state index in [0.29, 0.717) is 32.4 Å². The van der Waals surface area contributed by atoms with Crippen LogP contribution in [-0.4, -0.2) is 46.7 Å². The van der Waals surface area contributed by atoms with Crippen LogP contribution < -0.4 is 0 Å². The minimum absolute atomic E-state index is 0.0954. The van der Waals surface area contributed by atoms with Crippen LogP contribution in [0, 0.1) is 6.92 Å². The van der Waals surface area contributed by atoms with Gasteiger partial charge in [-0.15, -0.1) is 0 Å². The number of carbonyl (C=O) groups is 3. The molecule has 2 aliphatic rings. The van der Waals surface area contributed by atoms with Crippen molar-refractivity contribution in [2.24, 2.45) is 0 Å². The number of likely N-dealkylation sites (tertiary alicyclic amines) is 2. The van der Waals surface area contributed by atoms with E-state index >= 15 is 0 Å². The van der Waals surface area contributed by atoms with E-state index in [1.165, 1.54) is 16.0 Å². The van der Waals surface area contributed by atoms with Crippen molar-refractivity contribution in [3.8, 4) is 0 Å². The van der Waals surface area contributed by atoms with E-state index in [0.717, 1.165) is 6.42 Å². The van der Waals surface area contributed by atoms with Crippen LogP contribution in [-0.2, 0) is 20.8 Å². The molecular formula is C17H20N2O3. The lowest BCUT2D eigenvalue weighted by atomic mass is 10.0. The van der Waals surface area contributed by atoms with E-state index in [4.69, 9.17) is 0 Å². The fourth-order valence-corrected chi connectivity index (χ4v) is 3.11. The first-order valence-corrected chi connectivity index (χ1v) is 7.73. The maximum Gasteiger partial charge on any atom is 0.230 e. The van der Waals surface area contributed by atoms with Crippen LogP contribution in [0.1, 0.15) is 30.4 Å². The zero-order chi connectivity index (χ0) is 15.7. The van der Waals surface area contributed by atoms with Crippen LogP contribution in [0.5, 0.6) is 0 Å². The van der Waals surface area contributed by atoms with Crippen molar-refractivity contribution >= 4 is 17.7 Å². The lowest BCUT2D eigenvalue weighted by Crippen LogP contribution is -2.62. The Morgan fingerprint density at radius 2 is 1.77 bits per heavy atom. The molecule has 2 saturated heterocycles. The van der Waals surface area contributed by atoms with Crippen molar-refractivity contribution in [2.75, 3.05) is 13.1 Å². The van der Waals surface area contributed by atoms with Gasteiger partial charge in [-0.3, -0.25) is 19.3 Å². The Bertz CT molecular complexity index is 604. The third-order valence-electron chi connectivity index (χ3n) is 4.54. The Morgan fingerprint density at radius 1 is 1.14 bits per heavy atom.